The molecule has 1 aliphatic heterocycles. The van der Waals surface area contributed by atoms with Crippen molar-refractivity contribution < 1.29 is 19.4 Å². The third-order valence-electron chi connectivity index (χ3n) is 5.90. The predicted octanol–water partition coefficient (Wildman–Crippen LogP) is 2.40. The highest BCUT2D eigenvalue weighted by Crippen LogP contribution is 2.38. The normalized spacial score (nSPS) is 15.1. The Bertz CT molecular complexity index is 1390. The largest absolute Gasteiger partial charge is 0.494 e. The summed E-state index contributed by atoms with van der Waals surface area (Å²) in [5.41, 5.74) is 0.0348. The molecule has 0 saturated heterocycles. The minimum Gasteiger partial charge on any atom is -0.494 e. The molecule has 2 heterocycles. The number of hydrazone groups is 1. The Balaban J connectivity index is 1.77. The SMILES string of the molecule is CCC(=O)N1N=C(c2c(O)n(Cc3ccccc3)c(=O)[nH]c2=O)C[C@@H]1c1ccc(OC)c(OC)c1. The molecule has 4 rings (SSSR count). The van der Waals surface area contributed by atoms with E-state index in [0.29, 0.717) is 11.5 Å². The minimum absolute atomic E-state index is 0.0548. The van der Waals surface area contributed by atoms with E-state index >= 15 is 0 Å². The van der Waals surface area contributed by atoms with Crippen molar-refractivity contribution in [2.45, 2.75) is 32.4 Å². The Morgan fingerprint density at radius 3 is 2.49 bits per heavy atom. The van der Waals surface area contributed by atoms with Crippen LogP contribution in [0.1, 0.15) is 42.5 Å². The number of methoxy groups -OCH3 is 2. The Morgan fingerprint density at radius 2 is 1.83 bits per heavy atom. The summed E-state index contributed by atoms with van der Waals surface area (Å²) >= 11 is 0. The molecule has 0 spiro atoms. The van der Waals surface area contributed by atoms with E-state index in [2.05, 4.69) is 10.1 Å². The average molecular weight is 479 g/mol. The van der Waals surface area contributed by atoms with E-state index in [4.69, 9.17) is 9.47 Å². The van der Waals surface area contributed by atoms with Crippen molar-refractivity contribution in [3.63, 3.8) is 0 Å². The molecule has 35 heavy (non-hydrogen) atoms. The highest BCUT2D eigenvalue weighted by Gasteiger charge is 2.35. The van der Waals surface area contributed by atoms with Crippen LogP contribution < -0.4 is 20.7 Å². The van der Waals surface area contributed by atoms with Gasteiger partial charge >= 0.3 is 5.69 Å². The molecule has 1 amide bonds. The molecule has 1 aliphatic rings. The van der Waals surface area contributed by atoms with Gasteiger partial charge < -0.3 is 14.6 Å². The number of nitrogens with zero attached hydrogens (tertiary/aromatic N) is 3. The van der Waals surface area contributed by atoms with Crippen LogP contribution in [0.15, 0.2) is 63.2 Å². The number of aromatic nitrogens is 2. The van der Waals surface area contributed by atoms with Gasteiger partial charge in [0.2, 0.25) is 11.8 Å². The molecular formula is C25H26N4O6. The van der Waals surface area contributed by atoms with Gasteiger partial charge in [-0.3, -0.25) is 19.1 Å². The summed E-state index contributed by atoms with van der Waals surface area (Å²) in [6, 6.07) is 13.8. The van der Waals surface area contributed by atoms with Crippen LogP contribution in [0.25, 0.3) is 0 Å². The first-order valence-corrected chi connectivity index (χ1v) is 11.1. The van der Waals surface area contributed by atoms with Gasteiger partial charge in [-0.1, -0.05) is 43.3 Å². The lowest BCUT2D eigenvalue weighted by atomic mass is 9.98. The van der Waals surface area contributed by atoms with Crippen molar-refractivity contribution in [2.75, 3.05) is 14.2 Å². The summed E-state index contributed by atoms with van der Waals surface area (Å²) in [5, 5.41) is 16.7. The second-order valence-corrected chi connectivity index (χ2v) is 8.00. The second kappa shape index (κ2) is 9.88. The number of H-pyrrole nitrogens is 1. The molecule has 10 nitrogen and oxygen atoms in total. The highest BCUT2D eigenvalue weighted by molar-refractivity contribution is 6.04. The van der Waals surface area contributed by atoms with Gasteiger partial charge in [-0.25, -0.2) is 9.80 Å². The number of nitrogens with one attached hydrogen (secondary N) is 1. The number of carbonyl (C=O) groups excluding carboxylic acids is 1. The van der Waals surface area contributed by atoms with Crippen molar-refractivity contribution >= 4 is 11.6 Å². The molecule has 1 atom stereocenters. The lowest BCUT2D eigenvalue weighted by Gasteiger charge is -2.22. The first-order chi connectivity index (χ1) is 16.9. The molecule has 0 bridgehead atoms. The van der Waals surface area contributed by atoms with Crippen LogP contribution in [0.2, 0.25) is 0 Å². The highest BCUT2D eigenvalue weighted by atomic mass is 16.5. The molecule has 182 valence electrons. The number of benzene rings is 2. The molecular weight excluding hydrogens is 452 g/mol. The molecule has 1 aromatic heterocycles. The van der Waals surface area contributed by atoms with Gasteiger partial charge in [0.1, 0.15) is 5.56 Å². The van der Waals surface area contributed by atoms with E-state index in [9.17, 15) is 19.5 Å². The zero-order chi connectivity index (χ0) is 25.1. The van der Waals surface area contributed by atoms with Crippen LogP contribution in [0, 0.1) is 0 Å². The summed E-state index contributed by atoms with van der Waals surface area (Å²) in [5.74, 6) is 0.261. The quantitative estimate of drug-likeness (QED) is 0.537. The van der Waals surface area contributed by atoms with E-state index in [1.54, 1.807) is 37.3 Å². The number of aromatic amines is 1. The van der Waals surface area contributed by atoms with Crippen molar-refractivity contribution in [2.24, 2.45) is 5.10 Å². The molecule has 3 aromatic rings. The summed E-state index contributed by atoms with van der Waals surface area (Å²) in [4.78, 5) is 40.3. The van der Waals surface area contributed by atoms with Crippen molar-refractivity contribution in [3.8, 4) is 17.4 Å². The lowest BCUT2D eigenvalue weighted by molar-refractivity contribution is -0.132. The van der Waals surface area contributed by atoms with Crippen LogP contribution in [0.3, 0.4) is 0 Å². The Kier molecular flexibility index (Phi) is 6.72. The summed E-state index contributed by atoms with van der Waals surface area (Å²) in [6.45, 7) is 1.77. The maximum Gasteiger partial charge on any atom is 0.331 e. The monoisotopic (exact) mass is 478 g/mol. The fraction of sp³-hybridized carbons (Fsp3) is 0.280. The van der Waals surface area contributed by atoms with E-state index in [0.717, 1.165) is 15.7 Å². The zero-order valence-corrected chi connectivity index (χ0v) is 19.6. The molecule has 0 fully saturated rings. The average Bonchev–Trinajstić information content (AvgIpc) is 3.31. The van der Waals surface area contributed by atoms with Crippen molar-refractivity contribution in [3.05, 3.63) is 86.1 Å². The maximum absolute atomic E-state index is 12.8. The third kappa shape index (κ3) is 4.54. The topological polar surface area (TPSA) is 126 Å². The van der Waals surface area contributed by atoms with Gasteiger partial charge in [0, 0.05) is 12.8 Å². The van der Waals surface area contributed by atoms with Crippen LogP contribution in [-0.4, -0.2) is 45.5 Å². The van der Waals surface area contributed by atoms with Gasteiger partial charge in [0.15, 0.2) is 11.5 Å². The van der Waals surface area contributed by atoms with Gasteiger partial charge in [-0.15, -0.1) is 0 Å². The number of rotatable bonds is 7. The molecule has 0 unspecified atom stereocenters. The predicted molar refractivity (Wildman–Crippen MR) is 129 cm³/mol. The fourth-order valence-corrected chi connectivity index (χ4v) is 4.11. The van der Waals surface area contributed by atoms with Gasteiger partial charge in [-0.2, -0.15) is 5.10 Å². The maximum atomic E-state index is 12.8. The third-order valence-corrected chi connectivity index (χ3v) is 5.90. The van der Waals surface area contributed by atoms with Gasteiger partial charge in [0.25, 0.3) is 5.56 Å². The van der Waals surface area contributed by atoms with E-state index in [-0.39, 0.29) is 36.6 Å². The number of carbonyl (C=O) groups is 1. The Morgan fingerprint density at radius 1 is 1.11 bits per heavy atom. The second-order valence-electron chi connectivity index (χ2n) is 8.00. The van der Waals surface area contributed by atoms with E-state index in [1.165, 1.54) is 19.2 Å². The summed E-state index contributed by atoms with van der Waals surface area (Å²) in [6.07, 6.45) is 0.345. The lowest BCUT2D eigenvalue weighted by Crippen LogP contribution is -2.34. The Hall–Kier alpha value is -4.34. The zero-order valence-electron chi connectivity index (χ0n) is 19.6. The van der Waals surface area contributed by atoms with E-state index < -0.39 is 23.2 Å². The Labute approximate surface area is 201 Å². The van der Waals surface area contributed by atoms with Crippen LogP contribution >= 0.6 is 0 Å². The van der Waals surface area contributed by atoms with Crippen molar-refractivity contribution in [1.82, 2.24) is 14.6 Å². The first kappa shape index (κ1) is 23.8. The van der Waals surface area contributed by atoms with E-state index in [1.807, 2.05) is 18.2 Å². The smallest absolute Gasteiger partial charge is 0.331 e. The van der Waals surface area contributed by atoms with Crippen LogP contribution in [-0.2, 0) is 11.3 Å². The summed E-state index contributed by atoms with van der Waals surface area (Å²) in [7, 11) is 3.04. The van der Waals surface area contributed by atoms with Gasteiger partial charge in [0.05, 0.1) is 32.5 Å². The number of hydrogen-bond acceptors (Lipinski definition) is 7. The molecule has 2 N–H and O–H groups in total. The number of ether oxygens (including phenoxy) is 2. The van der Waals surface area contributed by atoms with Crippen LogP contribution in [0.5, 0.6) is 17.4 Å². The first-order valence-electron chi connectivity index (χ1n) is 11.1. The molecule has 2 aromatic carbocycles. The number of amides is 1. The molecule has 0 radical (unpaired) electrons. The number of hydrogen-bond donors (Lipinski definition) is 2. The van der Waals surface area contributed by atoms with Gasteiger partial charge in [-0.05, 0) is 23.3 Å². The van der Waals surface area contributed by atoms with Crippen molar-refractivity contribution in [1.29, 1.82) is 0 Å². The standard InChI is InChI=1S/C25H26N4O6/c1-4-21(30)29-18(16-10-11-19(34-2)20(12-16)35-3)13-17(27-29)22-23(31)26-25(33)28(24(22)32)14-15-8-6-5-7-9-15/h5-12,18,32H,4,13-14H2,1-3H3,(H,26,31,33)/t18-/m1/s1. The van der Waals surface area contributed by atoms with Crippen LogP contribution in [0.4, 0.5) is 0 Å². The minimum atomic E-state index is -0.771. The fourth-order valence-electron chi connectivity index (χ4n) is 4.11. The molecule has 0 saturated carbocycles. The summed E-state index contributed by atoms with van der Waals surface area (Å²) < 4.78 is 11.8. The number of aromatic hydroxyl groups is 1. The molecule has 0 aliphatic carbocycles. The molecule has 10 heteroatoms.